The van der Waals surface area contributed by atoms with Gasteiger partial charge in [0, 0.05) is 56.1 Å². The second-order valence-electron chi connectivity index (χ2n) is 21.7. The van der Waals surface area contributed by atoms with Gasteiger partial charge in [-0.3, -0.25) is 0 Å². The smallest absolute Gasteiger partial charge is 0.335 e. The van der Waals surface area contributed by atoms with Gasteiger partial charge in [0.25, 0.3) is 8.32 Å². The minimum Gasteiger partial charge on any atom is -0.414 e. The van der Waals surface area contributed by atoms with Crippen LogP contribution in [0.2, 0.25) is 32.2 Å². The van der Waals surface area contributed by atoms with E-state index in [2.05, 4.69) is 161 Å². The highest BCUT2D eigenvalue weighted by molar-refractivity contribution is 6.99. The molecule has 0 unspecified atom stereocenters. The Labute approximate surface area is 399 Å². The third-order valence-electron chi connectivity index (χ3n) is 15.4. The molecule has 9 nitrogen and oxygen atoms in total. The Morgan fingerprint density at radius 1 is 0.662 bits per heavy atom. The first-order valence-corrected chi connectivity index (χ1v) is 31.1. The summed E-state index contributed by atoms with van der Waals surface area (Å²) >= 11 is 6.36. The number of piperidine rings is 1. The van der Waals surface area contributed by atoms with Gasteiger partial charge in [-0.25, -0.2) is 0 Å². The molecule has 6 atom stereocenters. The minimum atomic E-state index is -3.25. The zero-order valence-electron chi connectivity index (χ0n) is 41.3. The zero-order valence-corrected chi connectivity index (χ0v) is 45.1. The quantitative estimate of drug-likeness (QED) is 0.123. The molecule has 5 fully saturated rings. The van der Waals surface area contributed by atoms with Crippen molar-refractivity contribution in [1.29, 1.82) is 0 Å². The zero-order chi connectivity index (χ0) is 46.6. The van der Waals surface area contributed by atoms with Crippen molar-refractivity contribution in [3.63, 3.8) is 0 Å². The van der Waals surface area contributed by atoms with Crippen LogP contribution in [0.1, 0.15) is 122 Å². The number of fused-ring (bicyclic) bond motifs is 3. The predicted octanol–water partition coefficient (Wildman–Crippen LogP) is 11.4. The molecule has 3 aromatic carbocycles. The van der Waals surface area contributed by atoms with Crippen molar-refractivity contribution in [3.05, 3.63) is 90.0 Å². The molecule has 3 saturated heterocycles. The van der Waals surface area contributed by atoms with E-state index in [-0.39, 0.29) is 27.2 Å². The summed E-state index contributed by atoms with van der Waals surface area (Å²) in [6.07, 6.45) is 1.59. The maximum atomic E-state index is 8.42. The maximum Gasteiger partial charge on any atom is 0.335 e. The molecule has 1 spiro atoms. The van der Waals surface area contributed by atoms with Crippen molar-refractivity contribution >= 4 is 53.1 Å². The molecule has 0 amide bonds. The van der Waals surface area contributed by atoms with Gasteiger partial charge in [-0.2, -0.15) is 0 Å². The molecule has 358 valence electrons. The van der Waals surface area contributed by atoms with E-state index in [9.17, 15) is 0 Å². The molecule has 65 heavy (non-hydrogen) atoms. The standard InChI is InChI=1S/C52H78ClNO8Si3/c1-13-55-51(32-34-54(35-33-51)41-28-26-40(53)27-29-41)56-46-47(59-63(50(10,11)12,42-22-16-14-17-23-42)43-24-18-15-19-25-43)44-45(58-52(57-44)30-20-21-31-52)48-49(46)61-65(38(6)7,39(8)9)62-64(60-48,36(2)3)37(4)5/h14-19,22-29,36-39,44-49H,13,20-21,30-35H2,1-12H3/t44-,45+,46+,47-,48-,49-/m1/s1. The van der Waals surface area contributed by atoms with Crippen molar-refractivity contribution in [2.75, 3.05) is 24.6 Å². The van der Waals surface area contributed by atoms with Gasteiger partial charge in [0.2, 0.25) is 0 Å². The lowest BCUT2D eigenvalue weighted by Gasteiger charge is -2.55. The Bertz CT molecular complexity index is 1970. The molecule has 5 aliphatic rings. The first-order chi connectivity index (χ1) is 30.8. The molecular formula is C52H78ClNO8Si3. The van der Waals surface area contributed by atoms with Crippen LogP contribution in [0.15, 0.2) is 84.9 Å². The Kier molecular flexibility index (Phi) is 14.6. The van der Waals surface area contributed by atoms with Crippen LogP contribution in [0, 0.1) is 0 Å². The fraction of sp³-hybridized carbons (Fsp3) is 0.654. The molecular weight excluding hydrogens is 886 g/mol. The third kappa shape index (κ3) is 8.97. The average Bonchev–Trinajstić information content (AvgIpc) is 3.84. The summed E-state index contributed by atoms with van der Waals surface area (Å²) in [5.41, 5.74) is 1.67. The average molecular weight is 965 g/mol. The highest BCUT2D eigenvalue weighted by Crippen LogP contribution is 2.56. The van der Waals surface area contributed by atoms with Crippen LogP contribution in [-0.4, -0.2) is 93.3 Å². The van der Waals surface area contributed by atoms with Gasteiger partial charge in [0.1, 0.15) is 36.6 Å². The summed E-state index contributed by atoms with van der Waals surface area (Å²) < 4.78 is 62.4. The number of hydrogen-bond acceptors (Lipinski definition) is 9. The molecule has 13 heteroatoms. The molecule has 0 bridgehead atoms. The van der Waals surface area contributed by atoms with Crippen molar-refractivity contribution in [3.8, 4) is 0 Å². The molecule has 0 N–H and O–H groups in total. The van der Waals surface area contributed by atoms with E-state index in [0.717, 1.165) is 49.5 Å². The van der Waals surface area contributed by atoms with Crippen LogP contribution in [0.3, 0.4) is 0 Å². The number of rotatable bonds is 13. The minimum absolute atomic E-state index is 0.119. The fourth-order valence-corrected chi connectivity index (χ4v) is 28.2. The van der Waals surface area contributed by atoms with Crippen LogP contribution in [0.25, 0.3) is 0 Å². The van der Waals surface area contributed by atoms with Crippen LogP contribution in [0.4, 0.5) is 5.69 Å². The van der Waals surface area contributed by atoms with E-state index in [1.807, 2.05) is 12.1 Å². The highest BCUT2D eigenvalue weighted by atomic mass is 35.5. The Balaban J connectivity index is 1.36. The number of halogens is 1. The predicted molar refractivity (Wildman–Crippen MR) is 268 cm³/mol. The number of benzene rings is 3. The second kappa shape index (κ2) is 19.1. The van der Waals surface area contributed by atoms with Crippen LogP contribution in [-0.2, 0) is 36.3 Å². The van der Waals surface area contributed by atoms with E-state index < -0.39 is 73.6 Å². The first-order valence-electron chi connectivity index (χ1n) is 24.9. The summed E-state index contributed by atoms with van der Waals surface area (Å²) in [6, 6.07) is 30.0. The molecule has 3 aliphatic heterocycles. The van der Waals surface area contributed by atoms with Crippen LogP contribution >= 0.6 is 11.6 Å². The van der Waals surface area contributed by atoms with E-state index in [1.165, 1.54) is 10.4 Å². The lowest BCUT2D eigenvalue weighted by molar-refractivity contribution is -0.310. The number of ether oxygens (including phenoxy) is 4. The largest absolute Gasteiger partial charge is 0.414 e. The Hall–Kier alpha value is -1.92. The van der Waals surface area contributed by atoms with Crippen LogP contribution < -0.4 is 15.3 Å². The third-order valence-corrected chi connectivity index (χ3v) is 30.9. The lowest BCUT2D eigenvalue weighted by atomic mass is 9.84. The van der Waals surface area contributed by atoms with Gasteiger partial charge in [0.05, 0.1) is 0 Å². The molecule has 2 aliphatic carbocycles. The highest BCUT2D eigenvalue weighted by Gasteiger charge is 2.71. The molecule has 0 radical (unpaired) electrons. The van der Waals surface area contributed by atoms with Gasteiger partial charge in [-0.05, 0) is 81.6 Å². The Morgan fingerprint density at radius 3 is 1.63 bits per heavy atom. The summed E-state index contributed by atoms with van der Waals surface area (Å²) in [7, 11) is -9.47. The van der Waals surface area contributed by atoms with Gasteiger partial charge < -0.3 is 41.2 Å². The second-order valence-corrected chi connectivity index (χ2v) is 35.2. The topological polar surface area (TPSA) is 77.1 Å². The van der Waals surface area contributed by atoms with Gasteiger partial charge in [-0.15, -0.1) is 0 Å². The van der Waals surface area contributed by atoms with Crippen molar-refractivity contribution in [2.24, 2.45) is 0 Å². The number of hydrogen-bond donors (Lipinski definition) is 0. The monoisotopic (exact) mass is 963 g/mol. The molecule has 3 heterocycles. The lowest BCUT2D eigenvalue weighted by Crippen LogP contribution is -2.74. The van der Waals surface area contributed by atoms with Crippen molar-refractivity contribution in [2.45, 2.75) is 197 Å². The van der Waals surface area contributed by atoms with E-state index in [1.54, 1.807) is 0 Å². The van der Waals surface area contributed by atoms with Gasteiger partial charge in [0.15, 0.2) is 11.6 Å². The van der Waals surface area contributed by atoms with Gasteiger partial charge >= 0.3 is 17.1 Å². The summed E-state index contributed by atoms with van der Waals surface area (Å²) in [5, 5.41) is 2.80. The van der Waals surface area contributed by atoms with E-state index >= 15 is 0 Å². The maximum absolute atomic E-state index is 8.42. The molecule has 0 aromatic heterocycles. The SMILES string of the molecule is CCOC1(O[C@@H]2[C@H]3O[Si](C(C)C)(C(C)C)O[Si](C(C)C)(C(C)C)O[C@@H]3[C@H]3OC4(CCCC4)O[C@H]3[C@H]2O[Si](c2ccccc2)(c2ccccc2)C(C)(C)C)CCN(c2ccc(Cl)cc2)CC1. The Morgan fingerprint density at radius 2 is 1.15 bits per heavy atom. The van der Waals surface area contributed by atoms with Crippen LogP contribution in [0.5, 0.6) is 0 Å². The summed E-state index contributed by atoms with van der Waals surface area (Å²) in [4.78, 5) is 2.41. The van der Waals surface area contributed by atoms with Crippen molar-refractivity contribution in [1.82, 2.24) is 0 Å². The van der Waals surface area contributed by atoms with E-state index in [0.29, 0.717) is 19.4 Å². The first kappa shape index (κ1) is 49.5. The fourth-order valence-electron chi connectivity index (χ4n) is 12.1. The summed E-state index contributed by atoms with van der Waals surface area (Å²) in [5.74, 6) is -1.69. The number of nitrogens with zero attached hydrogens (tertiary/aromatic N) is 1. The molecule has 8 rings (SSSR count). The van der Waals surface area contributed by atoms with Gasteiger partial charge in [-0.1, -0.05) is 148 Å². The van der Waals surface area contributed by atoms with E-state index in [4.69, 9.17) is 47.9 Å². The summed E-state index contributed by atoms with van der Waals surface area (Å²) in [6.45, 7) is 29.4. The normalized spacial score (nSPS) is 28.5. The molecule has 2 saturated carbocycles. The molecule has 3 aromatic rings. The number of anilines is 1. The van der Waals surface area contributed by atoms with Crippen molar-refractivity contribution < 1.29 is 36.3 Å².